The molecule has 7 rings (SSSR count). The fourth-order valence-corrected chi connectivity index (χ4v) is 9.74. The van der Waals surface area contributed by atoms with Gasteiger partial charge in [-0.1, -0.05) is 17.7 Å². The molecular weight excluding hydrogens is 654 g/mol. The lowest BCUT2D eigenvalue weighted by molar-refractivity contribution is -0.126. The van der Waals surface area contributed by atoms with Gasteiger partial charge in [-0.3, -0.25) is 0 Å². The maximum atomic E-state index is 12.8. The second-order valence-corrected chi connectivity index (χ2v) is 16.3. The molecule has 1 saturated heterocycles. The Balaban J connectivity index is 1.08. The maximum absolute atomic E-state index is 12.8. The summed E-state index contributed by atoms with van der Waals surface area (Å²) >= 11 is 6.41. The smallest absolute Gasteiger partial charge is 0.335 e. The van der Waals surface area contributed by atoms with Crippen molar-refractivity contribution in [2.45, 2.75) is 80.8 Å². The lowest BCUT2D eigenvalue weighted by Gasteiger charge is -2.48. The Morgan fingerprint density at radius 3 is 2.77 bits per heavy atom. The highest BCUT2D eigenvalue weighted by Gasteiger charge is 2.45. The number of halogens is 1. The summed E-state index contributed by atoms with van der Waals surface area (Å²) in [6.45, 7) is 4.33. The number of aryl methyl sites for hydroxylation is 1. The summed E-state index contributed by atoms with van der Waals surface area (Å²) in [4.78, 5) is 22.2. The summed E-state index contributed by atoms with van der Waals surface area (Å²) < 4.78 is 44.8. The Hall–Kier alpha value is -3.25. The van der Waals surface area contributed by atoms with Crippen LogP contribution in [-0.4, -0.2) is 79.8 Å². The van der Waals surface area contributed by atoms with Crippen LogP contribution in [0.5, 0.6) is 5.75 Å². The van der Waals surface area contributed by atoms with Gasteiger partial charge in [-0.15, -0.1) is 0 Å². The highest BCUT2D eigenvalue weighted by atomic mass is 35.5. The van der Waals surface area contributed by atoms with Gasteiger partial charge in [-0.25, -0.2) is 23.2 Å². The van der Waals surface area contributed by atoms with Crippen molar-refractivity contribution in [3.8, 4) is 5.75 Å². The van der Waals surface area contributed by atoms with Gasteiger partial charge >= 0.3 is 5.97 Å². The van der Waals surface area contributed by atoms with Crippen LogP contribution < -0.4 is 9.64 Å². The van der Waals surface area contributed by atoms with Crippen molar-refractivity contribution in [1.82, 2.24) is 9.97 Å². The zero-order valence-electron chi connectivity index (χ0n) is 27.1. The van der Waals surface area contributed by atoms with Gasteiger partial charge in [0.15, 0.2) is 0 Å². The van der Waals surface area contributed by atoms with Crippen molar-refractivity contribution < 1.29 is 32.5 Å². The summed E-state index contributed by atoms with van der Waals surface area (Å²) in [6, 6.07) is 13.0. The number of carboxylic acids is 1. The van der Waals surface area contributed by atoms with E-state index in [1.807, 2.05) is 6.07 Å². The van der Waals surface area contributed by atoms with Crippen LogP contribution >= 0.6 is 11.6 Å². The van der Waals surface area contributed by atoms with Gasteiger partial charge in [-0.05, 0) is 105 Å². The molecule has 6 atom stereocenters. The monoisotopic (exact) mass is 695 g/mol. The first-order valence-corrected chi connectivity index (χ1v) is 18.9. The molecule has 2 fully saturated rings. The number of anilines is 1. The van der Waals surface area contributed by atoms with Gasteiger partial charge in [0.05, 0.1) is 41.9 Å². The van der Waals surface area contributed by atoms with Gasteiger partial charge in [-0.2, -0.15) is 0 Å². The number of sulfone groups is 1. The van der Waals surface area contributed by atoms with Crippen LogP contribution in [-0.2, 0) is 31.1 Å². The molecule has 3 aromatic rings. The molecule has 10 nitrogen and oxygen atoms in total. The van der Waals surface area contributed by atoms with E-state index in [4.69, 9.17) is 25.8 Å². The van der Waals surface area contributed by atoms with Crippen LogP contribution in [0.2, 0.25) is 5.02 Å². The van der Waals surface area contributed by atoms with Gasteiger partial charge in [0, 0.05) is 48.9 Å². The number of rotatable bonds is 9. The zero-order valence-corrected chi connectivity index (χ0v) is 28.7. The van der Waals surface area contributed by atoms with E-state index in [2.05, 4.69) is 27.0 Å². The molecule has 1 N–H and O–H groups in total. The van der Waals surface area contributed by atoms with Gasteiger partial charge in [0.2, 0.25) is 15.0 Å². The van der Waals surface area contributed by atoms with Crippen LogP contribution in [0.15, 0.2) is 60.0 Å². The van der Waals surface area contributed by atoms with E-state index in [0.717, 1.165) is 55.9 Å². The lowest BCUT2D eigenvalue weighted by Crippen LogP contribution is -2.51. The van der Waals surface area contributed by atoms with Gasteiger partial charge < -0.3 is 24.2 Å². The number of carboxylic acid groups (broad SMARTS) is 1. The normalized spacial score (nSPS) is 27.6. The number of carbonyl (C=O) groups is 1. The molecule has 1 unspecified atom stereocenters. The number of benzene rings is 2. The first-order valence-electron chi connectivity index (χ1n) is 16.9. The summed E-state index contributed by atoms with van der Waals surface area (Å²) in [6.07, 6.45) is 8.72. The zero-order chi connectivity index (χ0) is 33.5. The van der Waals surface area contributed by atoms with E-state index < -0.39 is 21.9 Å². The predicted molar refractivity (Wildman–Crippen MR) is 181 cm³/mol. The first kappa shape index (κ1) is 33.3. The minimum Gasteiger partial charge on any atom is -0.490 e. The summed E-state index contributed by atoms with van der Waals surface area (Å²) in [5.41, 5.74) is 3.34. The molecule has 2 aliphatic heterocycles. The number of aromatic nitrogens is 2. The summed E-state index contributed by atoms with van der Waals surface area (Å²) in [7, 11) is -3.66. The third kappa shape index (κ3) is 6.79. The molecule has 2 aromatic carbocycles. The molecule has 256 valence electrons. The number of hydrogen-bond donors (Lipinski definition) is 1. The van der Waals surface area contributed by atoms with E-state index in [9.17, 15) is 18.3 Å². The molecule has 3 heterocycles. The molecule has 1 spiro atoms. The van der Waals surface area contributed by atoms with Crippen molar-refractivity contribution in [3.05, 3.63) is 76.6 Å². The minimum absolute atomic E-state index is 0.00308. The molecule has 0 bridgehead atoms. The second kappa shape index (κ2) is 13.6. The fraction of sp³-hybridized carbons (Fsp3) is 0.528. The largest absolute Gasteiger partial charge is 0.490 e. The van der Waals surface area contributed by atoms with E-state index in [1.165, 1.54) is 23.5 Å². The Labute approximate surface area is 286 Å². The Morgan fingerprint density at radius 2 is 2.00 bits per heavy atom. The fourth-order valence-electron chi connectivity index (χ4n) is 8.26. The van der Waals surface area contributed by atoms with E-state index in [1.54, 1.807) is 31.2 Å². The maximum Gasteiger partial charge on any atom is 0.335 e. The quantitative estimate of drug-likeness (QED) is 0.276. The number of fused-ring (bicyclic) bond motifs is 3. The van der Waals surface area contributed by atoms with Crippen molar-refractivity contribution in [2.24, 2.45) is 11.8 Å². The molecule has 12 heteroatoms. The van der Waals surface area contributed by atoms with Crippen LogP contribution in [0.1, 0.15) is 66.9 Å². The van der Waals surface area contributed by atoms with Gasteiger partial charge in [0.1, 0.15) is 5.75 Å². The third-order valence-corrected chi connectivity index (χ3v) is 12.6. The Morgan fingerprint density at radius 1 is 1.17 bits per heavy atom. The second-order valence-electron chi connectivity index (χ2n) is 13.9. The molecule has 4 aliphatic rings. The highest BCUT2D eigenvalue weighted by molar-refractivity contribution is 7.91. The van der Waals surface area contributed by atoms with E-state index in [-0.39, 0.29) is 34.1 Å². The average molecular weight is 696 g/mol. The SMILES string of the molecule is C[C@H](CS(=O)(=O)c1ncccn1)O[C@@H]1CCO[C@H]([C@@H]2CC[C@H]2CN2CC3(CCCc4cc(Cl)ccc43)COc3ccc(C(=O)O)cc32)C1. The van der Waals surface area contributed by atoms with Crippen LogP contribution in [0.3, 0.4) is 0 Å². The molecule has 1 aromatic heterocycles. The van der Waals surface area contributed by atoms with E-state index in [0.29, 0.717) is 43.6 Å². The highest BCUT2D eigenvalue weighted by Crippen LogP contribution is 2.47. The molecule has 1 saturated carbocycles. The van der Waals surface area contributed by atoms with Crippen LogP contribution in [0, 0.1) is 11.8 Å². The van der Waals surface area contributed by atoms with Crippen molar-refractivity contribution in [1.29, 1.82) is 0 Å². The molecular formula is C36H42ClN3O7S. The third-order valence-electron chi connectivity index (χ3n) is 10.7. The standard InChI is InChI=1S/C36H42ClN3O7S/c1-23(20-48(43,44)35-38-13-3-14-39-35)47-28-11-15-45-33(18-28)29-8-5-26(29)19-40-21-36(12-2-4-24-16-27(37)7-9-30(24)36)22-46-32-10-6-25(34(41)42)17-31(32)40/h3,6-7,9-10,13-14,16-17,23,26,28-29,33H,2,4-5,8,11-12,15,18-22H2,1H3,(H,41,42)/t23-,26+,28-,29-,33+,36?/m1/s1. The molecule has 2 aliphatic carbocycles. The topological polar surface area (TPSA) is 128 Å². The minimum atomic E-state index is -3.66. The Kier molecular flexibility index (Phi) is 9.40. The number of ether oxygens (including phenoxy) is 3. The Bertz CT molecular complexity index is 1760. The van der Waals surface area contributed by atoms with Gasteiger partial charge in [0.25, 0.3) is 0 Å². The van der Waals surface area contributed by atoms with Crippen LogP contribution in [0.25, 0.3) is 0 Å². The predicted octanol–water partition coefficient (Wildman–Crippen LogP) is 5.75. The number of aromatic carboxylic acids is 1. The van der Waals surface area contributed by atoms with Crippen molar-refractivity contribution in [2.75, 3.05) is 37.0 Å². The van der Waals surface area contributed by atoms with Crippen LogP contribution in [0.4, 0.5) is 5.69 Å². The number of nitrogens with zero attached hydrogens (tertiary/aromatic N) is 3. The average Bonchev–Trinajstić information content (AvgIpc) is 3.20. The molecule has 48 heavy (non-hydrogen) atoms. The first-order chi connectivity index (χ1) is 23.1. The van der Waals surface area contributed by atoms with Crippen molar-refractivity contribution >= 4 is 33.1 Å². The van der Waals surface area contributed by atoms with E-state index >= 15 is 0 Å². The summed E-state index contributed by atoms with van der Waals surface area (Å²) in [5.74, 6) is 0.219. The lowest BCUT2D eigenvalue weighted by atomic mass is 9.67. The van der Waals surface area contributed by atoms with Crippen molar-refractivity contribution in [3.63, 3.8) is 0 Å². The molecule has 0 radical (unpaired) electrons. The summed E-state index contributed by atoms with van der Waals surface area (Å²) in [5, 5.41) is 10.4. The number of hydrogen-bond acceptors (Lipinski definition) is 9. The molecule has 0 amide bonds.